The van der Waals surface area contributed by atoms with E-state index in [1.165, 1.54) is 11.1 Å². The molecule has 0 amide bonds. The van der Waals surface area contributed by atoms with Crippen LogP contribution in [-0.4, -0.2) is 25.9 Å². The van der Waals surface area contributed by atoms with Crippen LogP contribution >= 0.6 is 11.6 Å². The van der Waals surface area contributed by atoms with E-state index in [4.69, 9.17) is 16.3 Å². The van der Waals surface area contributed by atoms with Gasteiger partial charge in [0.05, 0.1) is 23.4 Å². The molecular weight excluding hydrogens is 332 g/mol. The molecule has 3 nitrogen and oxygen atoms in total. The highest BCUT2D eigenvalue weighted by Gasteiger charge is 2.29. The van der Waals surface area contributed by atoms with Gasteiger partial charge in [-0.2, -0.15) is 0 Å². The van der Waals surface area contributed by atoms with Crippen molar-refractivity contribution >= 4 is 34.8 Å². The number of likely N-dealkylation sites (N-methyl/N-ethyl adjacent to an activating group) is 1. The zero-order chi connectivity index (χ0) is 18.2. The fraction of sp³-hybridized carbons (Fsp3) is 0.286. The lowest BCUT2D eigenvalue weighted by Gasteiger charge is -2.40. The van der Waals surface area contributed by atoms with Crippen molar-refractivity contribution in [1.29, 1.82) is 0 Å². The van der Waals surface area contributed by atoms with Gasteiger partial charge in [-0.3, -0.25) is 4.99 Å². The number of ether oxygens (including phenoxy) is 1. The van der Waals surface area contributed by atoms with Gasteiger partial charge in [-0.1, -0.05) is 23.7 Å². The van der Waals surface area contributed by atoms with E-state index in [0.717, 1.165) is 22.7 Å². The molecule has 0 N–H and O–H groups in total. The van der Waals surface area contributed by atoms with Gasteiger partial charge in [0.25, 0.3) is 0 Å². The number of allylic oxidation sites excluding steroid dienone is 1. The van der Waals surface area contributed by atoms with Crippen LogP contribution in [0.1, 0.15) is 31.9 Å². The Bertz CT molecular complexity index is 868. The zero-order valence-corrected chi connectivity index (χ0v) is 16.1. The highest BCUT2D eigenvalue weighted by atomic mass is 35.5. The number of nitrogens with zero attached hydrogens (tertiary/aromatic N) is 2. The van der Waals surface area contributed by atoms with Crippen LogP contribution in [0.25, 0.3) is 5.57 Å². The Balaban J connectivity index is 1.99. The Hall–Kier alpha value is -2.26. The number of anilines is 1. The minimum absolute atomic E-state index is 0.0311. The molecule has 0 radical (unpaired) electrons. The summed E-state index contributed by atoms with van der Waals surface area (Å²) in [5.74, 6) is 0.786. The normalized spacial score (nSPS) is 15.9. The lowest BCUT2D eigenvalue weighted by molar-refractivity contribution is 0.415. The van der Waals surface area contributed by atoms with Crippen LogP contribution in [0.4, 0.5) is 11.4 Å². The van der Waals surface area contributed by atoms with Gasteiger partial charge in [0.2, 0.25) is 0 Å². The molecule has 0 saturated heterocycles. The Kier molecular flexibility index (Phi) is 4.61. The van der Waals surface area contributed by atoms with E-state index in [9.17, 15) is 0 Å². The smallest absolute Gasteiger partial charge is 0.121 e. The predicted molar refractivity (Wildman–Crippen MR) is 108 cm³/mol. The quantitative estimate of drug-likeness (QED) is 0.657. The van der Waals surface area contributed by atoms with Crippen molar-refractivity contribution < 1.29 is 4.74 Å². The van der Waals surface area contributed by atoms with E-state index in [2.05, 4.69) is 49.9 Å². The van der Waals surface area contributed by atoms with Crippen molar-refractivity contribution in [2.75, 3.05) is 19.1 Å². The molecule has 0 unspecified atom stereocenters. The molecule has 1 aliphatic heterocycles. The first-order valence-corrected chi connectivity index (χ1v) is 8.65. The molecule has 0 spiro atoms. The van der Waals surface area contributed by atoms with Crippen LogP contribution in [0.2, 0.25) is 5.02 Å². The van der Waals surface area contributed by atoms with Gasteiger partial charge in [-0.15, -0.1) is 0 Å². The Morgan fingerprint density at radius 3 is 2.68 bits per heavy atom. The van der Waals surface area contributed by atoms with Crippen LogP contribution in [0.3, 0.4) is 0 Å². The van der Waals surface area contributed by atoms with Crippen LogP contribution in [0.15, 0.2) is 47.5 Å². The monoisotopic (exact) mass is 354 g/mol. The minimum Gasteiger partial charge on any atom is -0.497 e. The number of hydrogen-bond donors (Lipinski definition) is 0. The number of methoxy groups -OCH3 is 1. The number of aliphatic imine (C=N–C) groups is 1. The molecule has 0 aromatic heterocycles. The van der Waals surface area contributed by atoms with E-state index in [-0.39, 0.29) is 5.54 Å². The summed E-state index contributed by atoms with van der Waals surface area (Å²) in [4.78, 5) is 6.80. The van der Waals surface area contributed by atoms with Gasteiger partial charge in [0.1, 0.15) is 5.75 Å². The number of rotatable bonds is 3. The first-order chi connectivity index (χ1) is 11.8. The van der Waals surface area contributed by atoms with Gasteiger partial charge in [0, 0.05) is 36.1 Å². The molecule has 0 atom stereocenters. The average Bonchev–Trinajstić information content (AvgIpc) is 2.58. The van der Waals surface area contributed by atoms with Gasteiger partial charge in [-0.25, -0.2) is 0 Å². The Morgan fingerprint density at radius 1 is 1.20 bits per heavy atom. The van der Waals surface area contributed by atoms with Crippen molar-refractivity contribution in [1.82, 2.24) is 0 Å². The first-order valence-electron chi connectivity index (χ1n) is 8.27. The maximum absolute atomic E-state index is 6.53. The van der Waals surface area contributed by atoms with Crippen molar-refractivity contribution in [2.24, 2.45) is 4.99 Å². The number of halogens is 1. The minimum atomic E-state index is -0.0311. The fourth-order valence-corrected chi connectivity index (χ4v) is 3.33. The number of fused-ring (bicyclic) bond motifs is 1. The van der Waals surface area contributed by atoms with Gasteiger partial charge in [0.15, 0.2) is 0 Å². The molecule has 25 heavy (non-hydrogen) atoms. The largest absolute Gasteiger partial charge is 0.497 e. The molecule has 2 aromatic rings. The molecule has 3 rings (SSSR count). The molecule has 0 fully saturated rings. The van der Waals surface area contributed by atoms with Crippen LogP contribution < -0.4 is 9.64 Å². The fourth-order valence-electron chi connectivity index (χ4n) is 3.12. The summed E-state index contributed by atoms with van der Waals surface area (Å²) >= 11 is 6.53. The van der Waals surface area contributed by atoms with Crippen LogP contribution in [-0.2, 0) is 0 Å². The second-order valence-electron chi connectivity index (χ2n) is 6.89. The third-order valence-corrected chi connectivity index (χ3v) is 5.07. The lowest BCUT2D eigenvalue weighted by atomic mass is 9.88. The van der Waals surface area contributed by atoms with Crippen molar-refractivity contribution in [3.05, 3.63) is 58.6 Å². The summed E-state index contributed by atoms with van der Waals surface area (Å²) in [6, 6.07) is 11.8. The van der Waals surface area contributed by atoms with E-state index in [0.29, 0.717) is 5.02 Å². The highest BCUT2D eigenvalue weighted by molar-refractivity contribution is 6.33. The highest BCUT2D eigenvalue weighted by Crippen LogP contribution is 2.40. The Morgan fingerprint density at radius 2 is 1.96 bits per heavy atom. The zero-order valence-electron chi connectivity index (χ0n) is 15.3. The molecule has 1 heterocycles. The molecule has 1 aliphatic rings. The van der Waals surface area contributed by atoms with Crippen molar-refractivity contribution in [3.8, 4) is 5.75 Å². The lowest BCUT2D eigenvalue weighted by Crippen LogP contribution is -2.42. The standard InChI is InChI=1S/C21H23ClN2O/c1-14-12-21(2,3)24(4)20-11-19(22)15(9-18(14)20)13-23-16-7-6-8-17(10-16)25-5/h6-13H,1-5H3. The maximum atomic E-state index is 6.53. The average molecular weight is 355 g/mol. The van der Waals surface area contributed by atoms with Gasteiger partial charge in [-0.05, 0) is 50.6 Å². The summed E-state index contributed by atoms with van der Waals surface area (Å²) in [7, 11) is 3.75. The third kappa shape index (κ3) is 3.42. The summed E-state index contributed by atoms with van der Waals surface area (Å²) in [5.41, 5.74) is 5.30. The maximum Gasteiger partial charge on any atom is 0.121 e. The molecule has 0 aliphatic carbocycles. The topological polar surface area (TPSA) is 24.8 Å². The number of benzene rings is 2. The van der Waals surface area contributed by atoms with Crippen LogP contribution in [0, 0.1) is 0 Å². The van der Waals surface area contributed by atoms with Gasteiger partial charge >= 0.3 is 0 Å². The summed E-state index contributed by atoms with van der Waals surface area (Å²) in [6.45, 7) is 6.54. The molecule has 4 heteroatoms. The SMILES string of the molecule is COc1cccc(N=Cc2cc3c(cc2Cl)N(C)C(C)(C)C=C3C)c1. The molecular formula is C21H23ClN2O. The first kappa shape index (κ1) is 17.6. The summed E-state index contributed by atoms with van der Waals surface area (Å²) < 4.78 is 5.24. The van der Waals surface area contributed by atoms with E-state index >= 15 is 0 Å². The molecule has 0 saturated carbocycles. The van der Waals surface area contributed by atoms with Crippen molar-refractivity contribution in [3.63, 3.8) is 0 Å². The predicted octanol–water partition coefficient (Wildman–Crippen LogP) is 5.73. The molecule has 130 valence electrons. The van der Waals surface area contributed by atoms with E-state index in [1.807, 2.05) is 36.5 Å². The second-order valence-corrected chi connectivity index (χ2v) is 7.30. The van der Waals surface area contributed by atoms with E-state index in [1.54, 1.807) is 7.11 Å². The van der Waals surface area contributed by atoms with Crippen LogP contribution in [0.5, 0.6) is 5.75 Å². The van der Waals surface area contributed by atoms with Crippen molar-refractivity contribution in [2.45, 2.75) is 26.3 Å². The van der Waals surface area contributed by atoms with E-state index < -0.39 is 0 Å². The second kappa shape index (κ2) is 6.57. The molecule has 0 bridgehead atoms. The summed E-state index contributed by atoms with van der Waals surface area (Å²) in [6.07, 6.45) is 4.09. The molecule has 2 aromatic carbocycles. The van der Waals surface area contributed by atoms with Gasteiger partial charge < -0.3 is 9.64 Å². The number of hydrogen-bond acceptors (Lipinski definition) is 3. The Labute approximate surface area is 154 Å². The third-order valence-electron chi connectivity index (χ3n) is 4.74. The summed E-state index contributed by atoms with van der Waals surface area (Å²) in [5, 5.41) is 0.697.